The van der Waals surface area contributed by atoms with E-state index in [0.717, 1.165) is 0 Å². The van der Waals surface area contributed by atoms with Gasteiger partial charge in [-0.2, -0.15) is 0 Å². The van der Waals surface area contributed by atoms with Crippen molar-refractivity contribution in [2.75, 3.05) is 6.61 Å². The van der Waals surface area contributed by atoms with Gasteiger partial charge in [0, 0.05) is 12.5 Å². The molecule has 2 aromatic rings. The lowest BCUT2D eigenvalue weighted by molar-refractivity contribution is 0.135. The summed E-state index contributed by atoms with van der Waals surface area (Å²) < 4.78 is 6.87. The molecule has 2 rings (SSSR count). The number of benzene rings is 2. The predicted molar refractivity (Wildman–Crippen MR) is 109 cm³/mol. The van der Waals surface area contributed by atoms with E-state index in [4.69, 9.17) is 4.43 Å². The summed E-state index contributed by atoms with van der Waals surface area (Å²) in [7, 11) is -2.63. The summed E-state index contributed by atoms with van der Waals surface area (Å²) in [6.07, 6.45) is 1.46. The SMILES string of the molecule is [CH2][C@@H](CO)[C@@H](C=C)O[Si](c1ccccc1)(c1ccccc1)C(C)(C)C. The fourth-order valence-electron chi connectivity index (χ4n) is 3.34. The molecule has 25 heavy (non-hydrogen) atoms. The first kappa shape index (κ1) is 19.6. The van der Waals surface area contributed by atoms with Crippen LogP contribution < -0.4 is 10.4 Å². The maximum atomic E-state index is 9.60. The van der Waals surface area contributed by atoms with Gasteiger partial charge in [-0.3, -0.25) is 0 Å². The second-order valence-electron chi connectivity index (χ2n) is 7.42. The van der Waals surface area contributed by atoms with Crippen LogP contribution in [-0.2, 0) is 4.43 Å². The quantitative estimate of drug-likeness (QED) is 0.609. The molecule has 2 atom stereocenters. The van der Waals surface area contributed by atoms with Crippen molar-refractivity contribution in [1.82, 2.24) is 0 Å². The Labute approximate surface area is 153 Å². The van der Waals surface area contributed by atoms with Gasteiger partial charge in [0.05, 0.1) is 6.10 Å². The summed E-state index contributed by atoms with van der Waals surface area (Å²) in [4.78, 5) is 0. The van der Waals surface area contributed by atoms with Crippen LogP contribution in [0.4, 0.5) is 0 Å². The molecule has 0 aliphatic heterocycles. The van der Waals surface area contributed by atoms with E-state index in [9.17, 15) is 5.11 Å². The smallest absolute Gasteiger partial charge is 0.261 e. The van der Waals surface area contributed by atoms with E-state index in [2.05, 4.69) is 82.8 Å². The molecule has 0 bridgehead atoms. The first-order valence-corrected chi connectivity index (χ1v) is 10.6. The lowest BCUT2D eigenvalue weighted by Gasteiger charge is -2.45. The van der Waals surface area contributed by atoms with Gasteiger partial charge < -0.3 is 9.53 Å². The normalized spacial score (nSPS) is 14.8. The molecule has 1 N–H and O–H groups in total. The highest BCUT2D eigenvalue weighted by Crippen LogP contribution is 2.38. The highest BCUT2D eigenvalue weighted by molar-refractivity contribution is 6.99. The fraction of sp³-hybridized carbons (Fsp3) is 0.318. The van der Waals surface area contributed by atoms with Crippen molar-refractivity contribution in [2.24, 2.45) is 5.92 Å². The first-order chi connectivity index (χ1) is 11.9. The topological polar surface area (TPSA) is 29.5 Å². The van der Waals surface area contributed by atoms with Crippen molar-refractivity contribution in [2.45, 2.75) is 31.9 Å². The molecule has 3 heteroatoms. The van der Waals surface area contributed by atoms with Crippen LogP contribution in [0.5, 0.6) is 0 Å². The molecule has 0 aliphatic carbocycles. The van der Waals surface area contributed by atoms with Gasteiger partial charge in [-0.05, 0) is 22.3 Å². The van der Waals surface area contributed by atoms with E-state index in [1.807, 2.05) is 12.1 Å². The molecule has 0 aromatic heterocycles. The Morgan fingerprint density at radius 2 is 1.44 bits per heavy atom. The van der Waals surface area contributed by atoms with Crippen LogP contribution in [0, 0.1) is 12.8 Å². The first-order valence-electron chi connectivity index (χ1n) is 8.72. The molecule has 0 spiro atoms. The minimum Gasteiger partial charge on any atom is -0.401 e. The van der Waals surface area contributed by atoms with Gasteiger partial charge in [0.15, 0.2) is 0 Å². The molecule has 2 aromatic carbocycles. The van der Waals surface area contributed by atoms with Gasteiger partial charge in [-0.25, -0.2) is 0 Å². The zero-order valence-corrected chi connectivity index (χ0v) is 16.5. The Bertz CT molecular complexity index is 622. The second-order valence-corrected chi connectivity index (χ2v) is 11.7. The third-order valence-corrected chi connectivity index (χ3v) is 9.69. The Balaban J connectivity index is 2.70. The van der Waals surface area contributed by atoms with E-state index < -0.39 is 8.32 Å². The van der Waals surface area contributed by atoms with Crippen molar-refractivity contribution >= 4 is 18.7 Å². The molecule has 0 saturated carbocycles. The minimum atomic E-state index is -2.63. The van der Waals surface area contributed by atoms with Crippen LogP contribution in [0.2, 0.25) is 5.04 Å². The molecule has 0 heterocycles. The van der Waals surface area contributed by atoms with E-state index in [0.29, 0.717) is 0 Å². The number of aliphatic hydroxyl groups excluding tert-OH is 1. The van der Waals surface area contributed by atoms with Crippen molar-refractivity contribution < 1.29 is 9.53 Å². The van der Waals surface area contributed by atoms with Crippen LogP contribution in [0.15, 0.2) is 73.3 Å². The van der Waals surface area contributed by atoms with Crippen LogP contribution in [0.25, 0.3) is 0 Å². The Morgan fingerprint density at radius 1 is 1.00 bits per heavy atom. The monoisotopic (exact) mass is 353 g/mol. The van der Waals surface area contributed by atoms with E-state index in [1.54, 1.807) is 6.08 Å². The third-order valence-electron chi connectivity index (χ3n) is 4.66. The highest BCUT2D eigenvalue weighted by atomic mass is 28.4. The molecular weight excluding hydrogens is 324 g/mol. The van der Waals surface area contributed by atoms with Crippen LogP contribution >= 0.6 is 0 Å². The van der Waals surface area contributed by atoms with Crippen LogP contribution in [-0.4, -0.2) is 26.1 Å². The Hall–Kier alpha value is -1.68. The standard InChI is InChI=1S/C22H29O2Si/c1-6-21(18(2)17-23)24-25(22(3,4)5,19-13-9-7-10-14-19)20-15-11-8-12-16-20/h6-16,18,21,23H,1-2,17H2,3-5H3/t18-,21+/m0/s1. The molecule has 0 amide bonds. The van der Waals surface area contributed by atoms with Crippen molar-refractivity contribution in [3.8, 4) is 0 Å². The minimum absolute atomic E-state index is 0.0328. The summed E-state index contributed by atoms with van der Waals surface area (Å²) >= 11 is 0. The van der Waals surface area contributed by atoms with Crippen molar-refractivity contribution in [3.05, 3.63) is 80.2 Å². The maximum Gasteiger partial charge on any atom is 0.261 e. The molecule has 0 aliphatic rings. The Morgan fingerprint density at radius 3 is 1.76 bits per heavy atom. The summed E-state index contributed by atoms with van der Waals surface area (Å²) in [5.41, 5.74) is 0. The Kier molecular flexibility index (Phi) is 6.39. The summed E-state index contributed by atoms with van der Waals surface area (Å²) in [5, 5.41) is 11.9. The molecule has 133 valence electrons. The zero-order valence-electron chi connectivity index (χ0n) is 15.5. The van der Waals surface area contributed by atoms with Gasteiger partial charge in [-0.15, -0.1) is 6.58 Å². The van der Waals surface area contributed by atoms with Crippen LogP contribution in [0.1, 0.15) is 20.8 Å². The lowest BCUT2D eigenvalue weighted by Crippen LogP contribution is -2.68. The van der Waals surface area contributed by atoms with E-state index >= 15 is 0 Å². The summed E-state index contributed by atoms with van der Waals surface area (Å²) in [5.74, 6) is -0.251. The predicted octanol–water partition coefficient (Wildman–Crippen LogP) is 3.56. The largest absolute Gasteiger partial charge is 0.401 e. The van der Waals surface area contributed by atoms with E-state index in [-0.39, 0.29) is 23.7 Å². The van der Waals surface area contributed by atoms with Gasteiger partial charge in [0.1, 0.15) is 0 Å². The van der Waals surface area contributed by atoms with Crippen LogP contribution in [0.3, 0.4) is 0 Å². The van der Waals surface area contributed by atoms with Crippen molar-refractivity contribution in [3.63, 3.8) is 0 Å². The van der Waals surface area contributed by atoms with Crippen molar-refractivity contribution in [1.29, 1.82) is 0 Å². The molecule has 0 fully saturated rings. The summed E-state index contributed by atoms with van der Waals surface area (Å²) in [6.45, 7) is 14.7. The van der Waals surface area contributed by atoms with E-state index in [1.165, 1.54) is 10.4 Å². The fourth-order valence-corrected chi connectivity index (χ4v) is 8.05. The molecule has 0 unspecified atom stereocenters. The van der Waals surface area contributed by atoms with Gasteiger partial charge in [0.2, 0.25) is 0 Å². The third kappa shape index (κ3) is 3.95. The number of rotatable bonds is 7. The lowest BCUT2D eigenvalue weighted by atomic mass is 10.1. The average Bonchev–Trinajstić information content (AvgIpc) is 2.62. The second kappa shape index (κ2) is 8.13. The van der Waals surface area contributed by atoms with Gasteiger partial charge in [0.25, 0.3) is 8.32 Å². The highest BCUT2D eigenvalue weighted by Gasteiger charge is 2.51. The summed E-state index contributed by atoms with van der Waals surface area (Å²) in [6, 6.07) is 20.9. The number of aliphatic hydroxyl groups is 1. The maximum absolute atomic E-state index is 9.60. The average molecular weight is 354 g/mol. The van der Waals surface area contributed by atoms with Gasteiger partial charge >= 0.3 is 0 Å². The molecular formula is C22H29O2Si. The molecule has 2 nitrogen and oxygen atoms in total. The van der Waals surface area contributed by atoms with Gasteiger partial charge in [-0.1, -0.05) is 87.5 Å². The molecule has 0 saturated heterocycles. The molecule has 1 radical (unpaired) electrons. The number of hydrogen-bond acceptors (Lipinski definition) is 2. The zero-order chi connectivity index (χ0) is 18.5. The number of hydrogen-bond donors (Lipinski definition) is 1.